The maximum absolute atomic E-state index is 12.2. The van der Waals surface area contributed by atoms with Crippen molar-refractivity contribution in [2.75, 3.05) is 14.2 Å². The van der Waals surface area contributed by atoms with E-state index in [-0.39, 0.29) is 42.0 Å². The number of aryl methyl sites for hydroxylation is 3. The van der Waals surface area contributed by atoms with E-state index in [9.17, 15) is 9.59 Å². The summed E-state index contributed by atoms with van der Waals surface area (Å²) in [7, 11) is 2.83. The van der Waals surface area contributed by atoms with Gasteiger partial charge in [0.15, 0.2) is 0 Å². The highest BCUT2D eigenvalue weighted by Gasteiger charge is 2.30. The molecule has 0 aliphatic carbocycles. The lowest BCUT2D eigenvalue weighted by atomic mass is 9.87. The van der Waals surface area contributed by atoms with Crippen molar-refractivity contribution < 1.29 is 19.1 Å². The Hall–Kier alpha value is -4.46. The van der Waals surface area contributed by atoms with E-state index in [1.54, 1.807) is 0 Å². The van der Waals surface area contributed by atoms with Gasteiger partial charge in [-0.25, -0.2) is 0 Å². The van der Waals surface area contributed by atoms with Crippen LogP contribution >= 0.6 is 0 Å². The SMILES string of the molecule is C=Cc1c(C)c2cc3nc(cc4[nH]c(cc5nc(cc1[nH]2)C(C)C5C=C)c(C)c4CCC(=O)OC)C(CCC(=O)OC)C3C. The minimum absolute atomic E-state index is 0.00245. The largest absolute Gasteiger partial charge is 0.469 e. The third kappa shape index (κ3) is 5.73. The predicted molar refractivity (Wildman–Crippen MR) is 175 cm³/mol. The van der Waals surface area contributed by atoms with Crippen LogP contribution in [-0.4, -0.2) is 46.1 Å². The summed E-state index contributed by atoms with van der Waals surface area (Å²) < 4.78 is 9.92. The summed E-state index contributed by atoms with van der Waals surface area (Å²) in [4.78, 5) is 41.9. The first-order chi connectivity index (χ1) is 21.1. The van der Waals surface area contributed by atoms with Crippen LogP contribution in [0.3, 0.4) is 0 Å². The van der Waals surface area contributed by atoms with Gasteiger partial charge in [-0.05, 0) is 67.6 Å². The number of H-pyrrole nitrogens is 2. The molecule has 5 rings (SSSR count). The van der Waals surface area contributed by atoms with Crippen LogP contribution in [0.4, 0.5) is 0 Å². The first-order valence-corrected chi connectivity index (χ1v) is 15.2. The van der Waals surface area contributed by atoms with E-state index in [0.717, 1.165) is 67.1 Å². The van der Waals surface area contributed by atoms with Gasteiger partial charge < -0.3 is 19.4 Å². The number of carbonyl (C=O) groups excluding carboxylic acids is 2. The lowest BCUT2D eigenvalue weighted by Crippen LogP contribution is -2.07. The van der Waals surface area contributed by atoms with Crippen LogP contribution in [0.5, 0.6) is 0 Å². The van der Waals surface area contributed by atoms with E-state index < -0.39 is 0 Å². The summed E-state index contributed by atoms with van der Waals surface area (Å²) in [5.74, 6) is -0.261. The van der Waals surface area contributed by atoms with E-state index in [2.05, 4.69) is 75.1 Å². The average Bonchev–Trinajstić information content (AvgIpc) is 3.67. The number of nitrogens with zero attached hydrogens (tertiary/aromatic N) is 2. The van der Waals surface area contributed by atoms with Crippen molar-refractivity contribution in [2.24, 2.45) is 0 Å². The van der Waals surface area contributed by atoms with E-state index >= 15 is 0 Å². The number of carbonyl (C=O) groups is 2. The Balaban J connectivity index is 1.86. The van der Waals surface area contributed by atoms with E-state index in [4.69, 9.17) is 19.4 Å². The molecule has 3 aromatic heterocycles. The number of hydrogen-bond donors (Lipinski definition) is 2. The monoisotopic (exact) mass is 594 g/mol. The van der Waals surface area contributed by atoms with E-state index in [1.165, 1.54) is 14.2 Å². The maximum Gasteiger partial charge on any atom is 0.305 e. The number of allylic oxidation sites excluding steroid dienone is 1. The van der Waals surface area contributed by atoms with Crippen molar-refractivity contribution in [3.8, 4) is 0 Å². The minimum Gasteiger partial charge on any atom is -0.469 e. The van der Waals surface area contributed by atoms with Gasteiger partial charge in [0.25, 0.3) is 0 Å². The number of ether oxygens (including phenoxy) is 2. The topological polar surface area (TPSA) is 110 Å². The Bertz CT molecular complexity index is 1800. The van der Waals surface area contributed by atoms with Crippen LogP contribution < -0.4 is 0 Å². The zero-order valence-corrected chi connectivity index (χ0v) is 26.5. The number of aromatic amines is 2. The van der Waals surface area contributed by atoms with Gasteiger partial charge in [-0.15, -0.1) is 6.58 Å². The lowest BCUT2D eigenvalue weighted by molar-refractivity contribution is -0.141. The molecule has 44 heavy (non-hydrogen) atoms. The summed E-state index contributed by atoms with van der Waals surface area (Å²) >= 11 is 0. The van der Waals surface area contributed by atoms with Crippen molar-refractivity contribution in [3.05, 3.63) is 88.5 Å². The fraction of sp³-hybridized carbons (Fsp3) is 0.389. The zero-order chi connectivity index (χ0) is 31.7. The number of methoxy groups -OCH3 is 2. The van der Waals surface area contributed by atoms with Gasteiger partial charge in [-0.3, -0.25) is 19.6 Å². The van der Waals surface area contributed by atoms with Crippen LogP contribution in [0.1, 0.15) is 102 Å². The Kier molecular flexibility index (Phi) is 8.90. The number of nitrogens with one attached hydrogen (secondary N) is 2. The van der Waals surface area contributed by atoms with Crippen molar-refractivity contribution in [2.45, 2.75) is 77.0 Å². The average molecular weight is 595 g/mol. The molecular formula is C36H42N4O4. The Morgan fingerprint density at radius 1 is 0.795 bits per heavy atom. The quantitative estimate of drug-likeness (QED) is 0.205. The molecule has 0 spiro atoms. The highest BCUT2D eigenvalue weighted by Crippen LogP contribution is 2.41. The molecular weight excluding hydrogens is 552 g/mol. The fourth-order valence-corrected chi connectivity index (χ4v) is 6.62. The van der Waals surface area contributed by atoms with Crippen LogP contribution in [0.25, 0.3) is 28.1 Å². The molecule has 0 amide bonds. The van der Waals surface area contributed by atoms with Crippen molar-refractivity contribution in [1.29, 1.82) is 0 Å². The third-order valence-corrected chi connectivity index (χ3v) is 9.45. The van der Waals surface area contributed by atoms with Gasteiger partial charge in [0.2, 0.25) is 0 Å². The van der Waals surface area contributed by atoms with Gasteiger partial charge >= 0.3 is 11.9 Å². The van der Waals surface area contributed by atoms with Gasteiger partial charge in [0.1, 0.15) is 0 Å². The smallest absolute Gasteiger partial charge is 0.305 e. The predicted octanol–water partition coefficient (Wildman–Crippen LogP) is 7.59. The van der Waals surface area contributed by atoms with Gasteiger partial charge in [-0.1, -0.05) is 32.6 Å². The van der Waals surface area contributed by atoms with Crippen molar-refractivity contribution >= 4 is 40.1 Å². The molecule has 0 aromatic carbocycles. The molecule has 8 bridgehead atoms. The van der Waals surface area contributed by atoms with Gasteiger partial charge in [0, 0.05) is 81.2 Å². The van der Waals surface area contributed by atoms with Gasteiger partial charge in [0.05, 0.1) is 19.9 Å². The second kappa shape index (κ2) is 12.6. The Morgan fingerprint density at radius 2 is 1.36 bits per heavy atom. The minimum atomic E-state index is -0.261. The van der Waals surface area contributed by atoms with E-state index in [0.29, 0.717) is 19.3 Å². The van der Waals surface area contributed by atoms with Crippen LogP contribution in [-0.2, 0) is 25.5 Å². The highest BCUT2D eigenvalue weighted by atomic mass is 16.5. The van der Waals surface area contributed by atoms with Crippen LogP contribution in [0.2, 0.25) is 0 Å². The summed E-state index contributed by atoms with van der Waals surface area (Å²) in [6.07, 6.45) is 5.52. The fourth-order valence-electron chi connectivity index (χ4n) is 6.62. The number of hydrogen-bond acceptors (Lipinski definition) is 6. The number of aromatic nitrogens is 4. The second-order valence-corrected chi connectivity index (χ2v) is 11.9. The number of rotatable bonds is 8. The molecule has 0 radical (unpaired) electrons. The van der Waals surface area contributed by atoms with Crippen LogP contribution in [0, 0.1) is 13.8 Å². The molecule has 230 valence electrons. The standard InChI is InChI=1S/C36H42N4O4/c1-9-23-19(3)27-15-28-21(5)25(11-13-35(41)43-7)33(39-28)18-34-26(12-14-36(42)44-8)22(6)30(40-34)17-32-24(10-2)20(4)29(38-32)16-31(23)37-27/h9-10,15-18,20-21,24-25,37,40H,1-2,11-14H2,3-8H3. The molecule has 8 nitrogen and oxygen atoms in total. The summed E-state index contributed by atoms with van der Waals surface area (Å²) in [5, 5.41) is 0. The molecule has 2 N–H and O–H groups in total. The number of fused-ring (bicyclic) bond motifs is 8. The summed E-state index contributed by atoms with van der Waals surface area (Å²) in [6.45, 7) is 16.7. The Labute approximate surface area is 258 Å². The molecule has 0 fully saturated rings. The molecule has 5 heterocycles. The first kappa shape index (κ1) is 31.0. The van der Waals surface area contributed by atoms with Crippen molar-refractivity contribution in [3.63, 3.8) is 0 Å². The molecule has 4 atom stereocenters. The van der Waals surface area contributed by atoms with E-state index in [1.807, 2.05) is 12.2 Å². The molecule has 4 unspecified atom stereocenters. The molecule has 2 aliphatic rings. The lowest BCUT2D eigenvalue weighted by Gasteiger charge is -2.15. The molecule has 8 heteroatoms. The second-order valence-electron chi connectivity index (χ2n) is 11.9. The number of esters is 2. The summed E-state index contributed by atoms with van der Waals surface area (Å²) in [5.41, 5.74) is 11.7. The molecule has 0 saturated carbocycles. The van der Waals surface area contributed by atoms with Crippen molar-refractivity contribution in [1.82, 2.24) is 19.9 Å². The summed E-state index contributed by atoms with van der Waals surface area (Å²) in [6, 6.07) is 8.42. The normalized spacial score (nSPS) is 19.4. The maximum atomic E-state index is 12.2. The van der Waals surface area contributed by atoms with Crippen LogP contribution in [0.15, 0.2) is 43.5 Å². The zero-order valence-electron chi connectivity index (χ0n) is 26.5. The Morgan fingerprint density at radius 3 is 2.05 bits per heavy atom. The molecule has 0 saturated heterocycles. The third-order valence-electron chi connectivity index (χ3n) is 9.45. The molecule has 2 aliphatic heterocycles. The van der Waals surface area contributed by atoms with Gasteiger partial charge in [-0.2, -0.15) is 0 Å². The highest BCUT2D eigenvalue weighted by molar-refractivity contribution is 5.81. The first-order valence-electron chi connectivity index (χ1n) is 15.2. The molecule has 3 aromatic rings.